The van der Waals surface area contributed by atoms with Crippen LogP contribution in [-0.4, -0.2) is 15.0 Å². The van der Waals surface area contributed by atoms with E-state index in [0.29, 0.717) is 17.5 Å². The average molecular weight is 728 g/mol. The Kier molecular flexibility index (Phi) is 7.78. The third kappa shape index (κ3) is 5.92. The first kappa shape index (κ1) is 32.7. The Morgan fingerprint density at radius 2 is 0.842 bits per heavy atom. The molecule has 0 aliphatic carbocycles. The van der Waals surface area contributed by atoms with Crippen molar-refractivity contribution in [3.63, 3.8) is 0 Å². The van der Waals surface area contributed by atoms with Gasteiger partial charge in [-0.15, -0.1) is 0 Å². The van der Waals surface area contributed by atoms with Gasteiger partial charge >= 0.3 is 0 Å². The van der Waals surface area contributed by atoms with Gasteiger partial charge in [-0.05, 0) is 85.8 Å². The van der Waals surface area contributed by atoms with E-state index in [1.807, 2.05) is 48.5 Å². The van der Waals surface area contributed by atoms with E-state index in [4.69, 9.17) is 19.4 Å². The van der Waals surface area contributed by atoms with Crippen LogP contribution in [0.25, 0.3) is 111 Å². The van der Waals surface area contributed by atoms with Crippen molar-refractivity contribution in [1.29, 1.82) is 0 Å². The molecule has 0 atom stereocenters. The van der Waals surface area contributed by atoms with Gasteiger partial charge in [0.1, 0.15) is 11.2 Å². The summed E-state index contributed by atoms with van der Waals surface area (Å²) < 4.78 is 6.90. The molecule has 0 aliphatic heterocycles. The van der Waals surface area contributed by atoms with E-state index in [1.165, 1.54) is 21.5 Å². The predicted molar refractivity (Wildman–Crippen MR) is 235 cm³/mol. The van der Waals surface area contributed by atoms with Crippen molar-refractivity contribution < 1.29 is 4.42 Å². The first-order chi connectivity index (χ1) is 28.2. The molecule has 57 heavy (non-hydrogen) atoms. The lowest BCUT2D eigenvalue weighted by molar-refractivity contribution is 0.670. The maximum absolute atomic E-state index is 6.90. The monoisotopic (exact) mass is 727 g/mol. The summed E-state index contributed by atoms with van der Waals surface area (Å²) in [5.74, 6) is 1.80. The first-order valence-electron chi connectivity index (χ1n) is 19.2. The quantitative estimate of drug-likeness (QED) is 0.171. The van der Waals surface area contributed by atoms with Gasteiger partial charge in [0.25, 0.3) is 0 Å². The highest BCUT2D eigenvalue weighted by Gasteiger charge is 2.21. The smallest absolute Gasteiger partial charge is 0.164 e. The van der Waals surface area contributed by atoms with Gasteiger partial charge in [-0.3, -0.25) is 0 Å². The Morgan fingerprint density at radius 3 is 1.58 bits per heavy atom. The zero-order chi connectivity index (χ0) is 37.7. The predicted octanol–water partition coefficient (Wildman–Crippen LogP) is 14.1. The summed E-state index contributed by atoms with van der Waals surface area (Å²) in [6, 6.07) is 70.0. The molecule has 2 aromatic heterocycles. The maximum Gasteiger partial charge on any atom is 0.164 e. The molecule has 0 spiro atoms. The Balaban J connectivity index is 1.17. The van der Waals surface area contributed by atoms with E-state index in [9.17, 15) is 0 Å². The third-order valence-corrected chi connectivity index (χ3v) is 10.9. The number of hydrogen-bond acceptors (Lipinski definition) is 4. The fourth-order valence-electron chi connectivity index (χ4n) is 8.03. The fraction of sp³-hybridized carbons (Fsp3) is 0. The van der Waals surface area contributed by atoms with Crippen LogP contribution in [0.5, 0.6) is 0 Å². The number of furan rings is 1. The number of nitrogens with zero attached hydrogens (tertiary/aromatic N) is 3. The summed E-state index contributed by atoms with van der Waals surface area (Å²) in [7, 11) is 0. The number of aromatic nitrogens is 3. The van der Waals surface area contributed by atoms with Gasteiger partial charge in [-0.2, -0.15) is 0 Å². The molecule has 11 aromatic rings. The minimum atomic E-state index is 0.584. The standard InChI is InChI=1S/C53H33N3O/c1-3-13-34(14-4-1)40-21-11-22-43(31-40)52-54-51(37-17-5-2-6-18-37)55-53(56-52)45-23-12-24-48-49(45)47-33-44(41-27-25-35-15-7-9-19-38(35)29-41)32-46(50(47)57-48)42-28-26-36-16-8-10-20-39(36)30-42/h1-33H. The van der Waals surface area contributed by atoms with Crippen molar-refractivity contribution in [2.45, 2.75) is 0 Å². The number of fused-ring (bicyclic) bond motifs is 5. The average Bonchev–Trinajstić information content (AvgIpc) is 3.68. The van der Waals surface area contributed by atoms with Crippen LogP contribution in [0.3, 0.4) is 0 Å². The van der Waals surface area contributed by atoms with Crippen molar-refractivity contribution in [3.05, 3.63) is 200 Å². The molecule has 2 heterocycles. The van der Waals surface area contributed by atoms with Gasteiger partial charge in [0.15, 0.2) is 17.5 Å². The molecular formula is C53H33N3O. The SMILES string of the molecule is c1ccc(-c2cccc(-c3nc(-c4ccccc4)nc(-c4cccc5oc6c(-c7ccc8ccccc8c7)cc(-c7ccc8ccccc8c7)cc6c45)n3)c2)cc1. The second-order valence-corrected chi connectivity index (χ2v) is 14.4. The molecule has 0 radical (unpaired) electrons. The molecule has 266 valence electrons. The lowest BCUT2D eigenvalue weighted by Crippen LogP contribution is -2.00. The topological polar surface area (TPSA) is 51.8 Å². The first-order valence-corrected chi connectivity index (χ1v) is 19.2. The van der Waals surface area contributed by atoms with Gasteiger partial charge in [-0.25, -0.2) is 15.0 Å². The minimum absolute atomic E-state index is 0.584. The van der Waals surface area contributed by atoms with E-state index < -0.39 is 0 Å². The maximum atomic E-state index is 6.90. The van der Waals surface area contributed by atoms with Gasteiger partial charge in [0.2, 0.25) is 0 Å². The van der Waals surface area contributed by atoms with Crippen molar-refractivity contribution in [2.75, 3.05) is 0 Å². The lowest BCUT2D eigenvalue weighted by Gasteiger charge is -2.11. The minimum Gasteiger partial charge on any atom is -0.455 e. The van der Waals surface area contributed by atoms with Crippen LogP contribution in [0.2, 0.25) is 0 Å². The van der Waals surface area contributed by atoms with Gasteiger partial charge in [0.05, 0.1) is 0 Å². The number of rotatable bonds is 6. The highest BCUT2D eigenvalue weighted by molar-refractivity contribution is 6.16. The van der Waals surface area contributed by atoms with E-state index in [1.54, 1.807) is 0 Å². The van der Waals surface area contributed by atoms with Crippen LogP contribution in [0, 0.1) is 0 Å². The zero-order valence-corrected chi connectivity index (χ0v) is 30.8. The van der Waals surface area contributed by atoms with Gasteiger partial charge < -0.3 is 4.42 Å². The Bertz CT molecular complexity index is 3300. The molecule has 0 N–H and O–H groups in total. The van der Waals surface area contributed by atoms with E-state index >= 15 is 0 Å². The summed E-state index contributed by atoms with van der Waals surface area (Å²) in [6.07, 6.45) is 0. The van der Waals surface area contributed by atoms with Gasteiger partial charge in [-0.1, -0.05) is 164 Å². The number of hydrogen-bond donors (Lipinski definition) is 0. The zero-order valence-electron chi connectivity index (χ0n) is 30.8. The van der Waals surface area contributed by atoms with Crippen molar-refractivity contribution in [1.82, 2.24) is 15.0 Å². The van der Waals surface area contributed by atoms with Crippen LogP contribution < -0.4 is 0 Å². The molecule has 0 amide bonds. The normalized spacial score (nSPS) is 11.5. The molecule has 9 aromatic carbocycles. The molecule has 0 bridgehead atoms. The highest BCUT2D eigenvalue weighted by atomic mass is 16.3. The third-order valence-electron chi connectivity index (χ3n) is 10.9. The van der Waals surface area contributed by atoms with Crippen molar-refractivity contribution in [3.8, 4) is 67.5 Å². The fourth-order valence-corrected chi connectivity index (χ4v) is 8.03. The summed E-state index contributed by atoms with van der Waals surface area (Å²) in [5.41, 5.74) is 10.9. The second kappa shape index (κ2) is 13.6. The molecule has 0 saturated heterocycles. The molecule has 4 heteroatoms. The molecule has 0 unspecified atom stereocenters. The van der Waals surface area contributed by atoms with E-state index in [2.05, 4.69) is 152 Å². The second-order valence-electron chi connectivity index (χ2n) is 14.4. The van der Waals surface area contributed by atoms with Crippen LogP contribution in [0.4, 0.5) is 0 Å². The Hall–Kier alpha value is -7.69. The summed E-state index contributed by atoms with van der Waals surface area (Å²) in [5, 5.41) is 6.75. The Morgan fingerprint density at radius 1 is 0.298 bits per heavy atom. The van der Waals surface area contributed by atoms with E-state index in [-0.39, 0.29) is 0 Å². The highest BCUT2D eigenvalue weighted by Crippen LogP contribution is 2.43. The van der Waals surface area contributed by atoms with Crippen LogP contribution in [-0.2, 0) is 0 Å². The summed E-state index contributed by atoms with van der Waals surface area (Å²) >= 11 is 0. The largest absolute Gasteiger partial charge is 0.455 e. The molecule has 11 rings (SSSR count). The molecule has 0 saturated carbocycles. The molecule has 0 aliphatic rings. The molecule has 0 fully saturated rings. The summed E-state index contributed by atoms with van der Waals surface area (Å²) in [6.45, 7) is 0. The van der Waals surface area contributed by atoms with E-state index in [0.717, 1.165) is 72.0 Å². The Labute approximate surface area is 329 Å². The van der Waals surface area contributed by atoms with Crippen molar-refractivity contribution >= 4 is 43.5 Å². The van der Waals surface area contributed by atoms with Gasteiger partial charge in [0, 0.05) is 33.0 Å². The lowest BCUT2D eigenvalue weighted by atomic mass is 9.93. The van der Waals surface area contributed by atoms with Crippen LogP contribution in [0.1, 0.15) is 0 Å². The number of benzene rings is 9. The van der Waals surface area contributed by atoms with Crippen LogP contribution in [0.15, 0.2) is 205 Å². The van der Waals surface area contributed by atoms with Crippen molar-refractivity contribution in [2.24, 2.45) is 0 Å². The molecule has 4 nitrogen and oxygen atoms in total. The molecular weight excluding hydrogens is 695 g/mol. The van der Waals surface area contributed by atoms with Crippen LogP contribution >= 0.6 is 0 Å². The summed E-state index contributed by atoms with van der Waals surface area (Å²) in [4.78, 5) is 15.5.